The Morgan fingerprint density at radius 3 is 2.64 bits per heavy atom. The first-order chi connectivity index (χ1) is 5.43. The highest BCUT2D eigenvalue weighted by Gasteiger charge is 1.87. The van der Waals surface area contributed by atoms with E-state index in [1.54, 1.807) is 0 Å². The van der Waals surface area contributed by atoms with E-state index in [9.17, 15) is 0 Å². The zero-order valence-corrected chi connectivity index (χ0v) is 5.99. The standard InChI is InChI=1S/C8H9NO2/c9-6-10-7-11-8-4-2-1-3-5-8/h1-6,9H,7H2. The topological polar surface area (TPSA) is 42.3 Å². The third kappa shape index (κ3) is 2.71. The second-order valence-electron chi connectivity index (χ2n) is 1.86. The lowest BCUT2D eigenvalue weighted by Crippen LogP contribution is -1.99. The zero-order valence-electron chi connectivity index (χ0n) is 5.99. The molecule has 0 saturated carbocycles. The van der Waals surface area contributed by atoms with E-state index in [0.29, 0.717) is 0 Å². The highest BCUT2D eigenvalue weighted by Crippen LogP contribution is 2.07. The van der Waals surface area contributed by atoms with E-state index in [1.165, 1.54) is 0 Å². The van der Waals surface area contributed by atoms with Crippen LogP contribution in [-0.2, 0) is 4.74 Å². The van der Waals surface area contributed by atoms with Crippen LogP contribution in [0.2, 0.25) is 0 Å². The molecular weight excluding hydrogens is 142 g/mol. The van der Waals surface area contributed by atoms with Crippen molar-refractivity contribution in [1.29, 1.82) is 5.41 Å². The van der Waals surface area contributed by atoms with Gasteiger partial charge in [-0.25, -0.2) is 0 Å². The summed E-state index contributed by atoms with van der Waals surface area (Å²) in [6.45, 7) is 0.0908. The summed E-state index contributed by atoms with van der Waals surface area (Å²) in [6, 6.07) is 9.31. The van der Waals surface area contributed by atoms with E-state index in [0.717, 1.165) is 12.2 Å². The Hall–Kier alpha value is -1.51. The van der Waals surface area contributed by atoms with Gasteiger partial charge in [0.15, 0.2) is 6.40 Å². The molecule has 0 aliphatic carbocycles. The van der Waals surface area contributed by atoms with Gasteiger partial charge in [0.1, 0.15) is 5.75 Å². The maximum Gasteiger partial charge on any atom is 0.231 e. The summed E-state index contributed by atoms with van der Waals surface area (Å²) in [5, 5.41) is 6.54. The lowest BCUT2D eigenvalue weighted by Gasteiger charge is -2.02. The summed E-state index contributed by atoms with van der Waals surface area (Å²) in [7, 11) is 0. The zero-order chi connectivity index (χ0) is 7.94. The molecule has 11 heavy (non-hydrogen) atoms. The molecule has 0 bridgehead atoms. The van der Waals surface area contributed by atoms with Crippen molar-refractivity contribution in [2.24, 2.45) is 0 Å². The van der Waals surface area contributed by atoms with Crippen molar-refractivity contribution in [2.75, 3.05) is 6.79 Å². The van der Waals surface area contributed by atoms with E-state index in [1.807, 2.05) is 30.3 Å². The van der Waals surface area contributed by atoms with Crippen molar-refractivity contribution < 1.29 is 9.47 Å². The summed E-state index contributed by atoms with van der Waals surface area (Å²) in [5.74, 6) is 0.745. The molecule has 0 aliphatic rings. The number of nitrogens with one attached hydrogen (secondary N) is 1. The number of hydrogen-bond acceptors (Lipinski definition) is 3. The van der Waals surface area contributed by atoms with Crippen LogP contribution in [0.1, 0.15) is 0 Å². The maximum absolute atomic E-state index is 6.54. The molecule has 0 fully saturated rings. The third-order valence-electron chi connectivity index (χ3n) is 1.12. The lowest BCUT2D eigenvalue weighted by atomic mass is 10.3. The van der Waals surface area contributed by atoms with Crippen molar-refractivity contribution in [2.45, 2.75) is 0 Å². The number of rotatable bonds is 4. The number of hydrogen-bond donors (Lipinski definition) is 1. The molecule has 1 aromatic carbocycles. The van der Waals surface area contributed by atoms with Crippen LogP contribution in [-0.4, -0.2) is 13.2 Å². The Kier molecular flexibility index (Phi) is 2.99. The fourth-order valence-electron chi connectivity index (χ4n) is 0.653. The summed E-state index contributed by atoms with van der Waals surface area (Å²) in [5.41, 5.74) is 0. The maximum atomic E-state index is 6.54. The van der Waals surface area contributed by atoms with Crippen molar-refractivity contribution in [1.82, 2.24) is 0 Å². The fraction of sp³-hybridized carbons (Fsp3) is 0.125. The fourth-order valence-corrected chi connectivity index (χ4v) is 0.653. The average molecular weight is 151 g/mol. The number of para-hydroxylation sites is 1. The lowest BCUT2D eigenvalue weighted by molar-refractivity contribution is 0.115. The van der Waals surface area contributed by atoms with E-state index < -0.39 is 0 Å². The van der Waals surface area contributed by atoms with Crippen LogP contribution in [0.4, 0.5) is 0 Å². The van der Waals surface area contributed by atoms with Gasteiger partial charge < -0.3 is 9.47 Å². The van der Waals surface area contributed by atoms with Gasteiger partial charge in [0, 0.05) is 0 Å². The molecule has 0 amide bonds. The predicted octanol–water partition coefficient (Wildman–Crippen LogP) is 1.65. The summed E-state index contributed by atoms with van der Waals surface area (Å²) >= 11 is 0. The van der Waals surface area contributed by atoms with Crippen molar-refractivity contribution in [3.05, 3.63) is 30.3 Å². The van der Waals surface area contributed by atoms with Crippen LogP contribution < -0.4 is 4.74 Å². The van der Waals surface area contributed by atoms with Crippen LogP contribution in [0, 0.1) is 5.41 Å². The molecule has 0 heterocycles. The second kappa shape index (κ2) is 4.33. The molecule has 0 radical (unpaired) electrons. The van der Waals surface area contributed by atoms with Crippen LogP contribution in [0.25, 0.3) is 0 Å². The second-order valence-corrected chi connectivity index (χ2v) is 1.86. The molecule has 3 heteroatoms. The smallest absolute Gasteiger partial charge is 0.231 e. The van der Waals surface area contributed by atoms with Crippen LogP contribution in [0.5, 0.6) is 5.75 Å². The van der Waals surface area contributed by atoms with E-state index in [4.69, 9.17) is 10.1 Å². The molecule has 0 aromatic heterocycles. The normalized spacial score (nSPS) is 8.73. The molecule has 0 saturated heterocycles. The van der Waals surface area contributed by atoms with Gasteiger partial charge in [-0.3, -0.25) is 5.41 Å². The molecule has 58 valence electrons. The Labute approximate surface area is 65.1 Å². The molecule has 1 aromatic rings. The minimum Gasteiger partial charge on any atom is -0.457 e. The van der Waals surface area contributed by atoms with Gasteiger partial charge in [0.25, 0.3) is 0 Å². The van der Waals surface area contributed by atoms with Crippen LogP contribution in [0.15, 0.2) is 30.3 Å². The van der Waals surface area contributed by atoms with Crippen LogP contribution >= 0.6 is 0 Å². The van der Waals surface area contributed by atoms with Gasteiger partial charge in [-0.2, -0.15) is 0 Å². The molecule has 0 spiro atoms. The molecule has 1 N–H and O–H groups in total. The summed E-state index contributed by atoms with van der Waals surface area (Å²) < 4.78 is 9.63. The minimum absolute atomic E-state index is 0.0908. The molecule has 1 rings (SSSR count). The van der Waals surface area contributed by atoms with Gasteiger partial charge in [0.2, 0.25) is 6.79 Å². The predicted molar refractivity (Wildman–Crippen MR) is 41.8 cm³/mol. The first-order valence-corrected chi connectivity index (χ1v) is 3.22. The Balaban J connectivity index is 2.33. The van der Waals surface area contributed by atoms with Gasteiger partial charge >= 0.3 is 0 Å². The molecular formula is C8H9NO2. The molecule has 0 atom stereocenters. The van der Waals surface area contributed by atoms with Gasteiger partial charge in [-0.15, -0.1) is 0 Å². The largest absolute Gasteiger partial charge is 0.457 e. The summed E-state index contributed by atoms with van der Waals surface area (Å²) in [6.07, 6.45) is 0.850. The van der Waals surface area contributed by atoms with E-state index >= 15 is 0 Å². The first-order valence-electron chi connectivity index (χ1n) is 3.22. The highest BCUT2D eigenvalue weighted by molar-refractivity contribution is 5.40. The monoisotopic (exact) mass is 151 g/mol. The number of ether oxygens (including phenoxy) is 2. The van der Waals surface area contributed by atoms with E-state index in [2.05, 4.69) is 4.74 Å². The van der Waals surface area contributed by atoms with Crippen molar-refractivity contribution in [3.63, 3.8) is 0 Å². The number of benzene rings is 1. The van der Waals surface area contributed by atoms with Crippen molar-refractivity contribution >= 4 is 6.40 Å². The quantitative estimate of drug-likeness (QED) is 0.307. The Bertz CT molecular complexity index is 211. The third-order valence-corrected chi connectivity index (χ3v) is 1.12. The minimum atomic E-state index is 0.0908. The van der Waals surface area contributed by atoms with Crippen LogP contribution in [0.3, 0.4) is 0 Å². The van der Waals surface area contributed by atoms with Gasteiger partial charge in [-0.1, -0.05) is 18.2 Å². The van der Waals surface area contributed by atoms with Crippen molar-refractivity contribution in [3.8, 4) is 5.75 Å². The van der Waals surface area contributed by atoms with E-state index in [-0.39, 0.29) is 6.79 Å². The molecule has 3 nitrogen and oxygen atoms in total. The summed E-state index contributed by atoms with van der Waals surface area (Å²) in [4.78, 5) is 0. The molecule has 0 unspecified atom stereocenters. The first kappa shape index (κ1) is 7.60. The highest BCUT2D eigenvalue weighted by atomic mass is 16.7. The average Bonchev–Trinajstić information content (AvgIpc) is 2.07. The van der Waals surface area contributed by atoms with Gasteiger partial charge in [0.05, 0.1) is 0 Å². The Morgan fingerprint density at radius 1 is 1.27 bits per heavy atom. The Morgan fingerprint density at radius 2 is 2.00 bits per heavy atom. The SMILES string of the molecule is N=COCOc1ccccc1. The molecule has 0 aliphatic heterocycles. The van der Waals surface area contributed by atoms with Gasteiger partial charge in [-0.05, 0) is 12.1 Å².